The molecule has 1 unspecified atom stereocenters. The monoisotopic (exact) mass is 297 g/mol. The average Bonchev–Trinajstić information content (AvgIpc) is 2.71. The Morgan fingerprint density at radius 2 is 1.95 bits per heavy atom. The number of hydrogen-bond donors (Lipinski definition) is 1. The van der Waals surface area contributed by atoms with Crippen molar-refractivity contribution in [2.24, 2.45) is 5.41 Å². The molecular formula is C16H31N3S. The SMILES string of the molecule is CCC(C)(CNC(C)(C)C)CN(C)Cc1csc(C)n1. The van der Waals surface area contributed by atoms with Gasteiger partial charge in [-0.2, -0.15) is 0 Å². The van der Waals surface area contributed by atoms with Crippen molar-refractivity contribution in [3.8, 4) is 0 Å². The van der Waals surface area contributed by atoms with E-state index in [1.807, 2.05) is 0 Å². The summed E-state index contributed by atoms with van der Waals surface area (Å²) in [7, 11) is 2.19. The van der Waals surface area contributed by atoms with Crippen LogP contribution in [0.3, 0.4) is 0 Å². The molecular weight excluding hydrogens is 266 g/mol. The number of aryl methyl sites for hydroxylation is 1. The van der Waals surface area contributed by atoms with E-state index >= 15 is 0 Å². The third-order valence-corrected chi connectivity index (χ3v) is 4.47. The first-order valence-corrected chi connectivity index (χ1v) is 8.36. The molecule has 0 bridgehead atoms. The van der Waals surface area contributed by atoms with Gasteiger partial charge >= 0.3 is 0 Å². The lowest BCUT2D eigenvalue weighted by Gasteiger charge is -2.36. The largest absolute Gasteiger partial charge is 0.311 e. The molecule has 1 aromatic rings. The minimum atomic E-state index is 0.182. The lowest BCUT2D eigenvalue weighted by atomic mass is 9.86. The van der Waals surface area contributed by atoms with Gasteiger partial charge in [0.1, 0.15) is 0 Å². The second-order valence-corrected chi connectivity index (χ2v) is 8.36. The zero-order chi connectivity index (χ0) is 15.4. The van der Waals surface area contributed by atoms with Gasteiger partial charge in [-0.1, -0.05) is 13.8 Å². The minimum Gasteiger partial charge on any atom is -0.311 e. The van der Waals surface area contributed by atoms with Crippen LogP contribution in [0, 0.1) is 12.3 Å². The molecule has 1 N–H and O–H groups in total. The van der Waals surface area contributed by atoms with Crippen LogP contribution in [0.2, 0.25) is 0 Å². The molecule has 0 saturated heterocycles. The van der Waals surface area contributed by atoms with Crippen molar-refractivity contribution < 1.29 is 0 Å². The van der Waals surface area contributed by atoms with Crippen LogP contribution < -0.4 is 5.32 Å². The Morgan fingerprint density at radius 1 is 1.30 bits per heavy atom. The van der Waals surface area contributed by atoms with Gasteiger partial charge in [-0.25, -0.2) is 4.98 Å². The summed E-state index contributed by atoms with van der Waals surface area (Å²) in [5.41, 5.74) is 1.67. The van der Waals surface area contributed by atoms with Crippen LogP contribution in [0.25, 0.3) is 0 Å². The topological polar surface area (TPSA) is 28.2 Å². The van der Waals surface area contributed by atoms with Gasteiger partial charge in [0.05, 0.1) is 10.7 Å². The zero-order valence-corrected chi connectivity index (χ0v) is 15.0. The van der Waals surface area contributed by atoms with Crippen molar-refractivity contribution in [3.05, 3.63) is 16.1 Å². The molecule has 0 fully saturated rings. The number of rotatable bonds is 7. The highest BCUT2D eigenvalue weighted by Crippen LogP contribution is 2.23. The first-order chi connectivity index (χ1) is 9.13. The summed E-state index contributed by atoms with van der Waals surface area (Å²) in [6.07, 6.45) is 1.18. The molecule has 0 aliphatic rings. The third kappa shape index (κ3) is 6.33. The van der Waals surface area contributed by atoms with E-state index < -0.39 is 0 Å². The van der Waals surface area contributed by atoms with Crippen LogP contribution in [0.5, 0.6) is 0 Å². The van der Waals surface area contributed by atoms with Gasteiger partial charge in [-0.3, -0.25) is 4.90 Å². The smallest absolute Gasteiger partial charge is 0.0897 e. The Bertz CT molecular complexity index is 408. The van der Waals surface area contributed by atoms with Crippen LogP contribution in [0.15, 0.2) is 5.38 Å². The summed E-state index contributed by atoms with van der Waals surface area (Å²) in [4.78, 5) is 6.94. The highest BCUT2D eigenvalue weighted by Gasteiger charge is 2.26. The molecule has 20 heavy (non-hydrogen) atoms. The predicted molar refractivity (Wildman–Crippen MR) is 89.3 cm³/mol. The molecule has 0 spiro atoms. The van der Waals surface area contributed by atoms with Crippen LogP contribution in [0.4, 0.5) is 0 Å². The lowest BCUT2D eigenvalue weighted by Crippen LogP contribution is -2.46. The average molecular weight is 298 g/mol. The highest BCUT2D eigenvalue weighted by atomic mass is 32.1. The Balaban J connectivity index is 2.53. The molecule has 0 radical (unpaired) electrons. The van der Waals surface area contributed by atoms with E-state index in [2.05, 4.69) is 69.2 Å². The van der Waals surface area contributed by atoms with E-state index in [-0.39, 0.29) is 5.54 Å². The molecule has 1 heterocycles. The van der Waals surface area contributed by atoms with Crippen LogP contribution in [-0.2, 0) is 6.54 Å². The van der Waals surface area contributed by atoms with Crippen molar-refractivity contribution in [2.75, 3.05) is 20.1 Å². The molecule has 0 saturated carbocycles. The van der Waals surface area contributed by atoms with Crippen LogP contribution in [-0.4, -0.2) is 35.6 Å². The van der Waals surface area contributed by atoms with Gasteiger partial charge in [0.15, 0.2) is 0 Å². The van der Waals surface area contributed by atoms with Gasteiger partial charge in [0.25, 0.3) is 0 Å². The zero-order valence-electron chi connectivity index (χ0n) is 14.2. The maximum atomic E-state index is 4.55. The fourth-order valence-corrected chi connectivity index (χ4v) is 2.84. The van der Waals surface area contributed by atoms with Gasteiger partial charge in [0.2, 0.25) is 0 Å². The Hall–Kier alpha value is -0.450. The number of nitrogens with zero attached hydrogens (tertiary/aromatic N) is 2. The molecule has 1 rings (SSSR count). The quantitative estimate of drug-likeness (QED) is 0.832. The van der Waals surface area contributed by atoms with Gasteiger partial charge in [-0.05, 0) is 46.6 Å². The molecule has 0 aliphatic carbocycles. The van der Waals surface area contributed by atoms with Gasteiger partial charge in [0, 0.05) is 30.6 Å². The number of thiazole rings is 1. The fraction of sp³-hybridized carbons (Fsp3) is 0.812. The van der Waals surface area contributed by atoms with Crippen molar-refractivity contribution in [2.45, 2.75) is 60.0 Å². The van der Waals surface area contributed by atoms with Crippen molar-refractivity contribution in [3.63, 3.8) is 0 Å². The predicted octanol–water partition coefficient (Wildman–Crippen LogP) is 3.69. The molecule has 1 aromatic heterocycles. The third-order valence-electron chi connectivity index (χ3n) is 3.65. The Morgan fingerprint density at radius 3 is 2.40 bits per heavy atom. The normalized spacial score (nSPS) is 15.6. The maximum absolute atomic E-state index is 4.55. The lowest BCUT2D eigenvalue weighted by molar-refractivity contribution is 0.163. The molecule has 1 atom stereocenters. The Kier molecular flexibility index (Phi) is 6.17. The molecule has 3 nitrogen and oxygen atoms in total. The van der Waals surface area contributed by atoms with E-state index in [0.717, 1.165) is 24.6 Å². The van der Waals surface area contributed by atoms with E-state index in [1.54, 1.807) is 11.3 Å². The summed E-state index contributed by atoms with van der Waals surface area (Å²) in [5.74, 6) is 0. The number of nitrogens with one attached hydrogen (secondary N) is 1. The van der Waals surface area contributed by atoms with E-state index in [1.165, 1.54) is 12.1 Å². The molecule has 0 amide bonds. The molecule has 4 heteroatoms. The van der Waals surface area contributed by atoms with E-state index in [0.29, 0.717) is 5.41 Å². The first-order valence-electron chi connectivity index (χ1n) is 7.48. The summed E-state index contributed by atoms with van der Waals surface area (Å²) >= 11 is 1.73. The number of aromatic nitrogens is 1. The summed E-state index contributed by atoms with van der Waals surface area (Å²) in [5, 5.41) is 6.97. The Labute approximate surface area is 128 Å². The second kappa shape index (κ2) is 7.01. The number of hydrogen-bond acceptors (Lipinski definition) is 4. The summed E-state index contributed by atoms with van der Waals surface area (Å²) < 4.78 is 0. The first kappa shape index (κ1) is 17.6. The van der Waals surface area contributed by atoms with Gasteiger partial charge < -0.3 is 5.32 Å². The molecule has 0 aromatic carbocycles. The van der Waals surface area contributed by atoms with E-state index in [9.17, 15) is 0 Å². The second-order valence-electron chi connectivity index (χ2n) is 7.30. The molecule has 116 valence electrons. The highest BCUT2D eigenvalue weighted by molar-refractivity contribution is 7.09. The standard InChI is InChI=1S/C16H31N3S/c1-8-16(6,11-17-15(3,4)5)12-19(7)9-14-10-20-13(2)18-14/h10,17H,8-9,11-12H2,1-7H3. The minimum absolute atomic E-state index is 0.182. The van der Waals surface area contributed by atoms with Crippen LogP contribution in [0.1, 0.15) is 51.7 Å². The summed E-state index contributed by atoms with van der Waals surface area (Å²) in [6, 6.07) is 0. The van der Waals surface area contributed by atoms with Crippen molar-refractivity contribution >= 4 is 11.3 Å². The fourth-order valence-electron chi connectivity index (χ4n) is 2.24. The van der Waals surface area contributed by atoms with Gasteiger partial charge in [-0.15, -0.1) is 11.3 Å². The maximum Gasteiger partial charge on any atom is 0.0897 e. The van der Waals surface area contributed by atoms with E-state index in [4.69, 9.17) is 0 Å². The summed E-state index contributed by atoms with van der Waals surface area (Å²) in [6.45, 7) is 16.5. The molecule has 0 aliphatic heterocycles. The van der Waals surface area contributed by atoms with Crippen molar-refractivity contribution in [1.29, 1.82) is 0 Å². The van der Waals surface area contributed by atoms with Crippen molar-refractivity contribution in [1.82, 2.24) is 15.2 Å². The van der Waals surface area contributed by atoms with Crippen LogP contribution >= 0.6 is 11.3 Å².